The fourth-order valence-electron chi connectivity index (χ4n) is 3.61. The Labute approximate surface area is 151 Å². The Morgan fingerprint density at radius 2 is 1.88 bits per heavy atom. The molecule has 0 N–H and O–H groups in total. The number of benzene rings is 1. The SMILES string of the molecule is COCC(=O)N1CCN(C(=O)c2cccc(C#N)c2)[C@@H]2CS(=O)(=O)C[C@@H]21. The van der Waals surface area contributed by atoms with E-state index in [9.17, 15) is 18.0 Å². The molecular formula is C17H19N3O5S. The second-order valence-electron chi connectivity index (χ2n) is 6.42. The molecule has 0 unspecified atom stereocenters. The van der Waals surface area contributed by atoms with Crippen LogP contribution in [-0.4, -0.2) is 80.4 Å². The summed E-state index contributed by atoms with van der Waals surface area (Å²) in [6.45, 7) is 0.367. The Balaban J connectivity index is 1.89. The molecule has 2 aliphatic rings. The Morgan fingerprint density at radius 3 is 2.54 bits per heavy atom. The minimum absolute atomic E-state index is 0.124. The number of amides is 2. The van der Waals surface area contributed by atoms with E-state index in [2.05, 4.69) is 0 Å². The summed E-state index contributed by atoms with van der Waals surface area (Å²) in [5.41, 5.74) is 0.698. The predicted octanol–water partition coefficient (Wildman–Crippen LogP) is -0.345. The molecular weight excluding hydrogens is 358 g/mol. The van der Waals surface area contributed by atoms with Gasteiger partial charge < -0.3 is 14.5 Å². The lowest BCUT2D eigenvalue weighted by molar-refractivity contribution is -0.140. The highest BCUT2D eigenvalue weighted by molar-refractivity contribution is 7.91. The van der Waals surface area contributed by atoms with Crippen LogP contribution in [0.4, 0.5) is 0 Å². The monoisotopic (exact) mass is 377 g/mol. The van der Waals surface area contributed by atoms with Crippen molar-refractivity contribution in [2.24, 2.45) is 0 Å². The van der Waals surface area contributed by atoms with E-state index in [0.717, 1.165) is 0 Å². The summed E-state index contributed by atoms with van der Waals surface area (Å²) in [5.74, 6) is -0.931. The van der Waals surface area contributed by atoms with Gasteiger partial charge in [0.15, 0.2) is 9.84 Å². The lowest BCUT2D eigenvalue weighted by atomic mass is 10.0. The van der Waals surface area contributed by atoms with Gasteiger partial charge in [0.1, 0.15) is 6.61 Å². The molecule has 1 aromatic carbocycles. The number of hydrogen-bond acceptors (Lipinski definition) is 6. The molecule has 1 aromatic rings. The molecule has 0 bridgehead atoms. The third-order valence-corrected chi connectivity index (χ3v) is 6.46. The smallest absolute Gasteiger partial charge is 0.254 e. The van der Waals surface area contributed by atoms with Gasteiger partial charge in [-0.25, -0.2) is 8.42 Å². The number of nitriles is 1. The minimum atomic E-state index is -3.35. The van der Waals surface area contributed by atoms with Crippen molar-refractivity contribution in [1.29, 1.82) is 5.26 Å². The molecule has 2 saturated heterocycles. The summed E-state index contributed by atoms with van der Waals surface area (Å²) in [6, 6.07) is 7.13. The number of nitrogens with zero attached hydrogens (tertiary/aromatic N) is 3. The molecule has 0 spiro atoms. The van der Waals surface area contributed by atoms with Gasteiger partial charge in [-0.05, 0) is 18.2 Å². The van der Waals surface area contributed by atoms with Crippen molar-refractivity contribution in [3.8, 4) is 6.07 Å². The Bertz CT molecular complexity index is 877. The van der Waals surface area contributed by atoms with Crippen LogP contribution in [0, 0.1) is 11.3 Å². The number of fused-ring (bicyclic) bond motifs is 1. The lowest BCUT2D eigenvalue weighted by Crippen LogP contribution is -2.62. The van der Waals surface area contributed by atoms with Gasteiger partial charge in [-0.15, -0.1) is 0 Å². The highest BCUT2D eigenvalue weighted by Gasteiger charge is 2.49. The number of hydrogen-bond donors (Lipinski definition) is 0. The third kappa shape index (κ3) is 3.43. The zero-order chi connectivity index (χ0) is 18.9. The normalized spacial score (nSPS) is 24.0. The first-order valence-electron chi connectivity index (χ1n) is 8.16. The summed E-state index contributed by atoms with van der Waals surface area (Å²) in [6.07, 6.45) is 0. The fourth-order valence-corrected chi connectivity index (χ4v) is 5.59. The van der Waals surface area contributed by atoms with Gasteiger partial charge in [-0.1, -0.05) is 6.07 Å². The molecule has 0 aromatic heterocycles. The van der Waals surface area contributed by atoms with Gasteiger partial charge in [0.2, 0.25) is 5.91 Å². The summed E-state index contributed by atoms with van der Waals surface area (Å²) < 4.78 is 29.2. The van der Waals surface area contributed by atoms with Crippen LogP contribution >= 0.6 is 0 Å². The van der Waals surface area contributed by atoms with Crippen molar-refractivity contribution >= 4 is 21.7 Å². The van der Waals surface area contributed by atoms with Gasteiger partial charge in [-0.3, -0.25) is 9.59 Å². The highest BCUT2D eigenvalue weighted by Crippen LogP contribution is 2.28. The number of rotatable bonds is 3. The maximum atomic E-state index is 12.9. The standard InChI is InChI=1S/C17H19N3O5S/c1-25-9-16(21)19-5-6-20(15-11-26(23,24)10-14(15)19)17(22)13-4-2-3-12(7-13)8-18/h2-4,7,14-15H,5-6,9-11H2,1H3/t14-,15+/m0/s1. The van der Waals surface area contributed by atoms with E-state index >= 15 is 0 Å². The van der Waals surface area contributed by atoms with Crippen LogP contribution < -0.4 is 0 Å². The van der Waals surface area contributed by atoms with Crippen molar-refractivity contribution in [2.75, 3.05) is 38.3 Å². The van der Waals surface area contributed by atoms with Crippen molar-refractivity contribution in [1.82, 2.24) is 9.80 Å². The molecule has 9 heteroatoms. The van der Waals surface area contributed by atoms with E-state index < -0.39 is 21.9 Å². The number of piperazine rings is 1. The second-order valence-corrected chi connectivity index (χ2v) is 8.58. The quantitative estimate of drug-likeness (QED) is 0.713. The van der Waals surface area contributed by atoms with Crippen LogP contribution in [0.2, 0.25) is 0 Å². The summed E-state index contributed by atoms with van der Waals surface area (Å²) in [7, 11) is -1.95. The maximum absolute atomic E-state index is 12.9. The average molecular weight is 377 g/mol. The summed E-state index contributed by atoms with van der Waals surface area (Å²) in [4.78, 5) is 28.2. The number of carbonyl (C=O) groups excluding carboxylic acids is 2. The maximum Gasteiger partial charge on any atom is 0.254 e. The molecule has 3 rings (SSSR count). The number of sulfone groups is 1. The highest BCUT2D eigenvalue weighted by atomic mass is 32.2. The van der Waals surface area contributed by atoms with Crippen LogP contribution in [0.3, 0.4) is 0 Å². The topological polar surface area (TPSA) is 108 Å². The van der Waals surface area contributed by atoms with E-state index in [4.69, 9.17) is 10.00 Å². The predicted molar refractivity (Wildman–Crippen MR) is 92.0 cm³/mol. The van der Waals surface area contributed by atoms with Crippen LogP contribution in [0.25, 0.3) is 0 Å². The van der Waals surface area contributed by atoms with Gasteiger partial charge in [0, 0.05) is 25.8 Å². The molecule has 138 valence electrons. The number of methoxy groups -OCH3 is 1. The first-order valence-corrected chi connectivity index (χ1v) is 9.98. The molecule has 2 amide bonds. The molecule has 2 fully saturated rings. The van der Waals surface area contributed by atoms with Crippen LogP contribution in [0.15, 0.2) is 24.3 Å². The molecule has 0 aliphatic carbocycles. The molecule has 2 aliphatic heterocycles. The van der Waals surface area contributed by atoms with E-state index in [1.54, 1.807) is 18.2 Å². The van der Waals surface area contributed by atoms with Crippen molar-refractivity contribution in [3.05, 3.63) is 35.4 Å². The largest absolute Gasteiger partial charge is 0.375 e. The fraction of sp³-hybridized carbons (Fsp3) is 0.471. The molecule has 0 saturated carbocycles. The van der Waals surface area contributed by atoms with Gasteiger partial charge in [0.25, 0.3) is 5.91 Å². The van der Waals surface area contributed by atoms with Crippen LogP contribution in [-0.2, 0) is 19.4 Å². The first-order chi connectivity index (χ1) is 12.4. The molecule has 8 nitrogen and oxygen atoms in total. The first kappa shape index (κ1) is 18.4. The summed E-state index contributed by atoms with van der Waals surface area (Å²) >= 11 is 0. The van der Waals surface area contributed by atoms with Crippen molar-refractivity contribution < 1.29 is 22.7 Å². The van der Waals surface area contributed by atoms with E-state index in [1.807, 2.05) is 6.07 Å². The zero-order valence-electron chi connectivity index (χ0n) is 14.3. The molecule has 0 radical (unpaired) electrons. The van der Waals surface area contributed by atoms with Crippen molar-refractivity contribution in [3.63, 3.8) is 0 Å². The number of ether oxygens (including phenoxy) is 1. The number of carbonyl (C=O) groups is 2. The average Bonchev–Trinajstić information content (AvgIpc) is 2.95. The van der Waals surface area contributed by atoms with Gasteiger partial charge in [0.05, 0.1) is 35.2 Å². The third-order valence-electron chi connectivity index (χ3n) is 4.76. The minimum Gasteiger partial charge on any atom is -0.375 e. The Morgan fingerprint density at radius 1 is 1.23 bits per heavy atom. The Hall–Kier alpha value is -2.44. The molecule has 2 heterocycles. The van der Waals surface area contributed by atoms with Gasteiger partial charge >= 0.3 is 0 Å². The molecule has 2 atom stereocenters. The zero-order valence-corrected chi connectivity index (χ0v) is 15.1. The molecule has 26 heavy (non-hydrogen) atoms. The second kappa shape index (κ2) is 7.05. The summed E-state index contributed by atoms with van der Waals surface area (Å²) in [5, 5.41) is 9.01. The van der Waals surface area contributed by atoms with Crippen LogP contribution in [0.5, 0.6) is 0 Å². The van der Waals surface area contributed by atoms with Crippen LogP contribution in [0.1, 0.15) is 15.9 Å². The lowest BCUT2D eigenvalue weighted by Gasteiger charge is -2.43. The van der Waals surface area contributed by atoms with Gasteiger partial charge in [-0.2, -0.15) is 5.26 Å². The van der Waals surface area contributed by atoms with E-state index in [1.165, 1.54) is 23.0 Å². The van der Waals surface area contributed by atoms with Crippen molar-refractivity contribution in [2.45, 2.75) is 12.1 Å². The van der Waals surface area contributed by atoms with E-state index in [-0.39, 0.29) is 43.0 Å². The van der Waals surface area contributed by atoms with E-state index in [0.29, 0.717) is 11.1 Å². The Kier molecular flexibility index (Phi) is 4.98.